The summed E-state index contributed by atoms with van der Waals surface area (Å²) in [5.41, 5.74) is 4.46. The lowest BCUT2D eigenvalue weighted by Crippen LogP contribution is -2.30. The van der Waals surface area contributed by atoms with Crippen LogP contribution in [0.4, 0.5) is 0 Å². The van der Waals surface area contributed by atoms with Crippen molar-refractivity contribution in [2.75, 3.05) is 0 Å². The fourth-order valence-corrected chi connectivity index (χ4v) is 4.44. The smallest absolute Gasteiger partial charge is 0.185 e. The molecule has 1 atom stereocenters. The van der Waals surface area contributed by atoms with Gasteiger partial charge in [0, 0.05) is 11.1 Å². The van der Waals surface area contributed by atoms with E-state index in [4.69, 9.17) is 0 Å². The molecule has 3 rings (SSSR count). The van der Waals surface area contributed by atoms with E-state index in [9.17, 15) is 4.79 Å². The molecule has 126 valence electrons. The molecule has 0 bridgehead atoms. The van der Waals surface area contributed by atoms with Crippen LogP contribution in [-0.2, 0) is 4.79 Å². The van der Waals surface area contributed by atoms with E-state index < -0.39 is 0 Å². The van der Waals surface area contributed by atoms with Crippen LogP contribution >= 0.6 is 22.7 Å². The second kappa shape index (κ2) is 7.20. The number of Topliss-reactive ketones (excluding diaryl/α,β-unsaturated/α-hetero) is 1. The Hall–Kier alpha value is -1.45. The summed E-state index contributed by atoms with van der Waals surface area (Å²) in [5.74, 6) is 0.741. The molecule has 1 aliphatic rings. The van der Waals surface area contributed by atoms with Gasteiger partial charge in [0.15, 0.2) is 5.78 Å². The van der Waals surface area contributed by atoms with E-state index in [1.807, 2.05) is 0 Å². The number of rotatable bonds is 4. The van der Waals surface area contributed by atoms with Gasteiger partial charge in [-0.25, -0.2) is 0 Å². The van der Waals surface area contributed by atoms with E-state index in [1.54, 1.807) is 22.7 Å². The van der Waals surface area contributed by atoms with E-state index in [0.717, 1.165) is 41.5 Å². The van der Waals surface area contributed by atoms with Crippen LogP contribution in [0.1, 0.15) is 51.2 Å². The number of hydrogen-bond donors (Lipinski definition) is 0. The van der Waals surface area contributed by atoms with E-state index in [1.165, 1.54) is 0 Å². The van der Waals surface area contributed by atoms with Gasteiger partial charge in [-0.3, -0.25) is 4.79 Å². The Labute approximate surface area is 152 Å². The maximum atomic E-state index is 13.0. The number of allylic oxidation sites excluding steroid dienone is 2. The van der Waals surface area contributed by atoms with Crippen molar-refractivity contribution in [3.63, 3.8) is 0 Å². The maximum absolute atomic E-state index is 13.0. The summed E-state index contributed by atoms with van der Waals surface area (Å²) in [7, 11) is 0. The van der Waals surface area contributed by atoms with E-state index >= 15 is 0 Å². The number of hydrogen-bond acceptors (Lipinski definition) is 3. The molecular weight excluding hydrogens is 332 g/mol. The molecular formula is C21H24OS2. The van der Waals surface area contributed by atoms with Gasteiger partial charge in [0.05, 0.1) is 0 Å². The van der Waals surface area contributed by atoms with Crippen LogP contribution < -0.4 is 0 Å². The second-order valence-electron chi connectivity index (χ2n) is 7.23. The van der Waals surface area contributed by atoms with Crippen molar-refractivity contribution in [1.82, 2.24) is 0 Å². The molecule has 24 heavy (non-hydrogen) atoms. The molecule has 1 aliphatic carbocycles. The Bertz CT molecular complexity index is 690. The van der Waals surface area contributed by atoms with E-state index in [0.29, 0.717) is 5.92 Å². The molecule has 1 unspecified atom stereocenters. The Morgan fingerprint density at radius 2 is 1.54 bits per heavy atom. The topological polar surface area (TPSA) is 17.1 Å². The van der Waals surface area contributed by atoms with Gasteiger partial charge >= 0.3 is 0 Å². The lowest BCUT2D eigenvalue weighted by atomic mass is 9.66. The minimum Gasteiger partial charge on any atom is -0.289 e. The SMILES string of the molecule is CCC(C)(C)C1C/C(=C/c2ccsc2)C(=O)/C(=C/c2ccsc2)C1. The first-order valence-corrected chi connectivity index (χ1v) is 10.4. The van der Waals surface area contributed by atoms with Crippen molar-refractivity contribution in [2.24, 2.45) is 11.3 Å². The predicted octanol–water partition coefficient (Wildman–Crippen LogP) is 6.69. The van der Waals surface area contributed by atoms with Gasteiger partial charge in [0.25, 0.3) is 0 Å². The van der Waals surface area contributed by atoms with Gasteiger partial charge in [0.2, 0.25) is 0 Å². The molecule has 2 aromatic rings. The molecule has 1 nitrogen and oxygen atoms in total. The molecule has 0 spiro atoms. The summed E-state index contributed by atoms with van der Waals surface area (Å²) in [5, 5.41) is 8.35. The van der Waals surface area contributed by atoms with Crippen molar-refractivity contribution in [3.05, 3.63) is 55.9 Å². The van der Waals surface area contributed by atoms with Crippen LogP contribution in [0, 0.1) is 11.3 Å². The number of carbonyl (C=O) groups excluding carboxylic acids is 1. The summed E-state index contributed by atoms with van der Waals surface area (Å²) in [6.07, 6.45) is 7.09. The quantitative estimate of drug-likeness (QED) is 0.558. The van der Waals surface area contributed by atoms with E-state index in [-0.39, 0.29) is 11.2 Å². The lowest BCUT2D eigenvalue weighted by Gasteiger charge is -2.37. The highest BCUT2D eigenvalue weighted by atomic mass is 32.1. The number of carbonyl (C=O) groups is 1. The average molecular weight is 357 g/mol. The normalized spacial score (nSPS) is 22.5. The highest BCUT2D eigenvalue weighted by molar-refractivity contribution is 7.08. The molecule has 0 aromatic carbocycles. The third kappa shape index (κ3) is 3.79. The fourth-order valence-electron chi connectivity index (χ4n) is 3.20. The number of ketones is 1. The lowest BCUT2D eigenvalue weighted by molar-refractivity contribution is -0.113. The summed E-state index contributed by atoms with van der Waals surface area (Å²) in [6, 6.07) is 4.17. The summed E-state index contributed by atoms with van der Waals surface area (Å²) in [4.78, 5) is 13.0. The van der Waals surface area contributed by atoms with Gasteiger partial charge in [-0.1, -0.05) is 27.2 Å². The van der Waals surface area contributed by atoms with Gasteiger partial charge in [-0.15, -0.1) is 0 Å². The highest BCUT2D eigenvalue weighted by Gasteiger charge is 2.36. The van der Waals surface area contributed by atoms with E-state index in [2.05, 4.69) is 66.6 Å². The molecule has 0 amide bonds. The standard InChI is InChI=1S/C21H24OS2/c1-4-21(2,3)19-11-17(9-15-5-7-23-13-15)20(22)18(12-19)10-16-6-8-24-14-16/h5-10,13-14,19H,4,11-12H2,1-3H3/b17-9-,18-10+. The minimum atomic E-state index is 0.232. The van der Waals surface area contributed by atoms with Crippen molar-refractivity contribution in [1.29, 1.82) is 0 Å². The third-order valence-corrected chi connectivity index (χ3v) is 6.70. The monoisotopic (exact) mass is 356 g/mol. The highest BCUT2D eigenvalue weighted by Crippen LogP contribution is 2.44. The fraction of sp³-hybridized carbons (Fsp3) is 0.381. The zero-order chi connectivity index (χ0) is 17.2. The molecule has 0 N–H and O–H groups in total. The minimum absolute atomic E-state index is 0.232. The summed E-state index contributed by atoms with van der Waals surface area (Å²) < 4.78 is 0. The molecule has 0 saturated heterocycles. The first kappa shape index (κ1) is 17.4. The first-order valence-electron chi connectivity index (χ1n) is 8.50. The van der Waals surface area contributed by atoms with Crippen molar-refractivity contribution >= 4 is 40.6 Å². The molecule has 2 aromatic heterocycles. The Morgan fingerprint density at radius 3 is 1.92 bits per heavy atom. The van der Waals surface area contributed by atoms with Crippen LogP contribution in [0.2, 0.25) is 0 Å². The predicted molar refractivity (Wildman–Crippen MR) is 106 cm³/mol. The van der Waals surface area contributed by atoms with Crippen molar-refractivity contribution in [3.8, 4) is 0 Å². The van der Waals surface area contributed by atoms with Gasteiger partial charge in [-0.2, -0.15) is 22.7 Å². The largest absolute Gasteiger partial charge is 0.289 e. The summed E-state index contributed by atoms with van der Waals surface area (Å²) in [6.45, 7) is 6.91. The second-order valence-corrected chi connectivity index (χ2v) is 8.79. The van der Waals surface area contributed by atoms with Crippen LogP contribution in [-0.4, -0.2) is 5.78 Å². The number of thiophene rings is 2. The van der Waals surface area contributed by atoms with Crippen LogP contribution in [0.3, 0.4) is 0 Å². The zero-order valence-electron chi connectivity index (χ0n) is 14.5. The maximum Gasteiger partial charge on any atom is 0.185 e. The molecule has 1 saturated carbocycles. The molecule has 0 radical (unpaired) electrons. The zero-order valence-corrected chi connectivity index (χ0v) is 16.2. The molecule has 3 heteroatoms. The van der Waals surface area contributed by atoms with Crippen LogP contribution in [0.5, 0.6) is 0 Å². The molecule has 0 aliphatic heterocycles. The van der Waals surface area contributed by atoms with Crippen LogP contribution in [0.25, 0.3) is 12.2 Å². The van der Waals surface area contributed by atoms with Crippen molar-refractivity contribution in [2.45, 2.75) is 40.0 Å². The van der Waals surface area contributed by atoms with Crippen molar-refractivity contribution < 1.29 is 4.79 Å². The molecule has 2 heterocycles. The van der Waals surface area contributed by atoms with Crippen LogP contribution in [0.15, 0.2) is 44.8 Å². The van der Waals surface area contributed by atoms with Gasteiger partial charge in [-0.05, 0) is 81.1 Å². The Balaban J connectivity index is 1.98. The third-order valence-electron chi connectivity index (χ3n) is 5.30. The Kier molecular flexibility index (Phi) is 5.21. The average Bonchev–Trinajstić information content (AvgIpc) is 3.24. The van der Waals surface area contributed by atoms with Gasteiger partial charge < -0.3 is 0 Å². The Morgan fingerprint density at radius 1 is 1.04 bits per heavy atom. The summed E-state index contributed by atoms with van der Waals surface area (Å²) >= 11 is 3.35. The molecule has 1 fully saturated rings. The first-order chi connectivity index (χ1) is 11.5. The van der Waals surface area contributed by atoms with Gasteiger partial charge in [0.1, 0.15) is 0 Å².